The summed E-state index contributed by atoms with van der Waals surface area (Å²) in [4.78, 5) is 63.2. The predicted octanol–water partition coefficient (Wildman–Crippen LogP) is 2.15. The fourth-order valence-corrected chi connectivity index (χ4v) is 9.31. The van der Waals surface area contributed by atoms with E-state index in [4.69, 9.17) is 9.47 Å². The van der Waals surface area contributed by atoms with Gasteiger partial charge in [0.25, 0.3) is 0 Å². The van der Waals surface area contributed by atoms with Gasteiger partial charge in [-0.15, -0.1) is 0 Å². The SMILES string of the molecule is COC(=O)C(Cc1ccc(O)c([NH+]([O-])O)c1)NC(=O)CCC(=O)OCC(=O)C1(O)CCC2C3CCC4=CC(=O)CCC4(C)C3CCC21C. The molecule has 1 amide bonds. The number of rotatable bonds is 11. The second-order valence-corrected chi connectivity index (χ2v) is 14.4. The quantitative estimate of drug-likeness (QED) is 0.131. The molecule has 3 saturated carbocycles. The molecule has 3 fully saturated rings. The lowest BCUT2D eigenvalue weighted by Crippen LogP contribution is -2.99. The van der Waals surface area contributed by atoms with Gasteiger partial charge < -0.3 is 30.2 Å². The van der Waals surface area contributed by atoms with Crippen molar-refractivity contribution in [2.75, 3.05) is 13.7 Å². The Kier molecular flexibility index (Phi) is 10.2. The number of ketones is 2. The summed E-state index contributed by atoms with van der Waals surface area (Å²) < 4.78 is 9.99. The first-order valence-corrected chi connectivity index (χ1v) is 16.7. The molecular formula is C35H46N2O11. The second-order valence-electron chi connectivity index (χ2n) is 14.4. The van der Waals surface area contributed by atoms with Gasteiger partial charge in [-0.3, -0.25) is 19.2 Å². The average Bonchev–Trinajstić information content (AvgIpc) is 3.34. The average molecular weight is 671 g/mol. The van der Waals surface area contributed by atoms with Crippen LogP contribution in [-0.2, 0) is 39.9 Å². The lowest BCUT2D eigenvalue weighted by Gasteiger charge is -2.58. The van der Waals surface area contributed by atoms with Gasteiger partial charge in [0.2, 0.25) is 17.4 Å². The Morgan fingerprint density at radius 1 is 1.06 bits per heavy atom. The van der Waals surface area contributed by atoms with E-state index in [0.29, 0.717) is 36.7 Å². The standard InChI is InChI=1S/C35H46N2O11/c1-33-13-10-22(38)18-21(33)5-6-23-24(33)11-14-34(2)25(23)12-15-35(34,44)29(40)19-48-31(42)9-8-30(41)36-26(32(43)47-3)16-20-4-7-28(39)27(17-20)37(45)46/h4,7,17-18,23-26,37,39,44-45H,5-6,8-16,19H2,1-3H3,(H,36,41). The van der Waals surface area contributed by atoms with E-state index in [0.717, 1.165) is 32.8 Å². The number of allylic oxidation sites excluding steroid dienone is 1. The van der Waals surface area contributed by atoms with E-state index in [2.05, 4.69) is 12.2 Å². The molecule has 1 aromatic carbocycles. The lowest BCUT2D eigenvalue weighted by atomic mass is 9.46. The zero-order chi connectivity index (χ0) is 35.0. The molecule has 5 N–H and O–H groups in total. The summed E-state index contributed by atoms with van der Waals surface area (Å²) in [6.45, 7) is 3.65. The van der Waals surface area contributed by atoms with Crippen LogP contribution in [0.2, 0.25) is 0 Å². The van der Waals surface area contributed by atoms with Crippen LogP contribution >= 0.6 is 0 Å². The smallest absolute Gasteiger partial charge is 0.328 e. The fraction of sp³-hybridized carbons (Fsp3) is 0.629. The van der Waals surface area contributed by atoms with E-state index in [1.54, 1.807) is 0 Å². The number of ether oxygens (including phenoxy) is 2. The van der Waals surface area contributed by atoms with Crippen molar-refractivity contribution in [1.29, 1.82) is 0 Å². The molecule has 4 aliphatic rings. The van der Waals surface area contributed by atoms with Gasteiger partial charge in [-0.25, -0.2) is 10.0 Å². The summed E-state index contributed by atoms with van der Waals surface area (Å²) >= 11 is 0. The van der Waals surface area contributed by atoms with Crippen molar-refractivity contribution >= 4 is 35.1 Å². The summed E-state index contributed by atoms with van der Waals surface area (Å²) in [5.41, 5.74) is -1.10. The summed E-state index contributed by atoms with van der Waals surface area (Å²) in [5, 5.41) is 43.3. The molecule has 13 heteroatoms. The van der Waals surface area contributed by atoms with Gasteiger partial charge in [-0.1, -0.05) is 25.5 Å². The molecule has 1 aromatic rings. The first-order chi connectivity index (χ1) is 22.6. The molecule has 0 radical (unpaired) electrons. The number of methoxy groups -OCH3 is 1. The molecular weight excluding hydrogens is 624 g/mol. The third-order valence-corrected chi connectivity index (χ3v) is 12.0. The monoisotopic (exact) mass is 670 g/mol. The number of hydrogen-bond acceptors (Lipinski definition) is 11. The Bertz CT molecular complexity index is 1510. The number of carbonyl (C=O) groups excluding carboxylic acids is 5. The number of phenols is 1. The van der Waals surface area contributed by atoms with E-state index in [9.17, 15) is 44.6 Å². The minimum Gasteiger partial charge on any atom is -0.595 e. The van der Waals surface area contributed by atoms with E-state index >= 15 is 0 Å². The number of nitrogens with one attached hydrogen (secondary N) is 2. The maximum absolute atomic E-state index is 13.5. The normalized spacial score (nSPS) is 32.1. The topological polar surface area (TPSA) is 204 Å². The summed E-state index contributed by atoms with van der Waals surface area (Å²) in [6, 6.07) is 2.57. The van der Waals surface area contributed by atoms with Crippen LogP contribution in [0.3, 0.4) is 0 Å². The summed E-state index contributed by atoms with van der Waals surface area (Å²) in [5.74, 6) is -2.19. The zero-order valence-corrected chi connectivity index (χ0v) is 27.7. The van der Waals surface area contributed by atoms with Crippen LogP contribution in [0.4, 0.5) is 5.69 Å². The highest BCUT2D eigenvalue weighted by Crippen LogP contribution is 2.67. The van der Waals surface area contributed by atoms with Crippen LogP contribution in [0, 0.1) is 33.8 Å². The summed E-state index contributed by atoms with van der Waals surface area (Å²) in [7, 11) is 1.13. The third kappa shape index (κ3) is 6.52. The van der Waals surface area contributed by atoms with Crippen LogP contribution < -0.4 is 10.5 Å². The number of benzene rings is 1. The number of fused-ring (bicyclic) bond motifs is 5. The maximum atomic E-state index is 13.5. The van der Waals surface area contributed by atoms with Crippen LogP contribution in [0.5, 0.6) is 5.75 Å². The Labute approximate surface area is 279 Å². The van der Waals surface area contributed by atoms with E-state index < -0.39 is 58.3 Å². The molecule has 0 saturated heterocycles. The first-order valence-electron chi connectivity index (χ1n) is 16.7. The van der Waals surface area contributed by atoms with Gasteiger partial charge in [0.15, 0.2) is 18.1 Å². The molecule has 0 bridgehead atoms. The predicted molar refractivity (Wildman–Crippen MR) is 168 cm³/mol. The Morgan fingerprint density at radius 2 is 1.79 bits per heavy atom. The number of esters is 2. The Hall–Kier alpha value is -3.65. The van der Waals surface area contributed by atoms with Crippen LogP contribution in [0.25, 0.3) is 0 Å². The van der Waals surface area contributed by atoms with Gasteiger partial charge in [0, 0.05) is 30.7 Å². The third-order valence-electron chi connectivity index (χ3n) is 12.0. The molecule has 262 valence electrons. The Morgan fingerprint density at radius 3 is 2.50 bits per heavy atom. The maximum Gasteiger partial charge on any atom is 0.328 e. The highest BCUT2D eigenvalue weighted by atomic mass is 16.8. The van der Waals surface area contributed by atoms with Crippen molar-refractivity contribution in [2.45, 2.75) is 96.1 Å². The molecule has 0 aromatic heterocycles. The summed E-state index contributed by atoms with van der Waals surface area (Å²) in [6.07, 6.45) is 6.67. The molecule has 0 aliphatic heterocycles. The molecule has 8 atom stereocenters. The zero-order valence-electron chi connectivity index (χ0n) is 27.7. The largest absolute Gasteiger partial charge is 0.595 e. The molecule has 5 rings (SSSR count). The van der Waals surface area contributed by atoms with Gasteiger partial charge >= 0.3 is 11.9 Å². The fourth-order valence-electron chi connectivity index (χ4n) is 9.31. The molecule has 0 heterocycles. The van der Waals surface area contributed by atoms with Crippen molar-refractivity contribution in [1.82, 2.24) is 5.32 Å². The van der Waals surface area contributed by atoms with Crippen LogP contribution in [0.15, 0.2) is 29.8 Å². The number of hydrogen-bond donors (Lipinski definition) is 5. The van der Waals surface area contributed by atoms with E-state index in [1.807, 2.05) is 13.0 Å². The lowest BCUT2D eigenvalue weighted by molar-refractivity contribution is -0.991. The molecule has 4 aliphatic carbocycles. The first kappa shape index (κ1) is 35.7. The number of aromatic hydroxyl groups is 1. The van der Waals surface area contributed by atoms with E-state index in [-0.39, 0.29) is 48.5 Å². The van der Waals surface area contributed by atoms with Crippen LogP contribution in [0.1, 0.15) is 83.6 Å². The van der Waals surface area contributed by atoms with Crippen molar-refractivity contribution in [3.63, 3.8) is 0 Å². The minimum absolute atomic E-state index is 0.0308. The van der Waals surface area contributed by atoms with Crippen molar-refractivity contribution < 1.29 is 54.1 Å². The number of quaternary nitrogens is 1. The number of phenolic OH excluding ortho intramolecular Hbond substituents is 1. The van der Waals surface area contributed by atoms with Gasteiger partial charge in [-0.2, -0.15) is 5.23 Å². The minimum atomic E-state index is -1.64. The molecule has 8 unspecified atom stereocenters. The van der Waals surface area contributed by atoms with Crippen LogP contribution in [-0.4, -0.2) is 70.2 Å². The Balaban J connectivity index is 1.14. The number of aliphatic hydroxyl groups is 1. The number of amides is 1. The number of carbonyl (C=O) groups is 5. The highest BCUT2D eigenvalue weighted by molar-refractivity contribution is 5.92. The highest BCUT2D eigenvalue weighted by Gasteiger charge is 2.66. The molecule has 48 heavy (non-hydrogen) atoms. The van der Waals surface area contributed by atoms with Crippen molar-refractivity contribution in [3.05, 3.63) is 40.6 Å². The van der Waals surface area contributed by atoms with E-state index in [1.165, 1.54) is 23.8 Å². The van der Waals surface area contributed by atoms with Crippen molar-refractivity contribution in [3.8, 4) is 5.75 Å². The van der Waals surface area contributed by atoms with Gasteiger partial charge in [-0.05, 0) is 85.8 Å². The molecule has 0 spiro atoms. The number of Topliss-reactive ketones (excluding diaryl/α,β-unsaturated/α-hetero) is 1. The molecule has 13 nitrogen and oxygen atoms in total. The van der Waals surface area contributed by atoms with Gasteiger partial charge in [0.05, 0.1) is 13.5 Å². The van der Waals surface area contributed by atoms with Gasteiger partial charge in [0.1, 0.15) is 11.6 Å². The van der Waals surface area contributed by atoms with Crippen molar-refractivity contribution in [2.24, 2.45) is 28.6 Å². The second kappa shape index (κ2) is 13.7.